The van der Waals surface area contributed by atoms with Gasteiger partial charge in [0, 0.05) is 17.4 Å². The summed E-state index contributed by atoms with van der Waals surface area (Å²) >= 11 is 0. The fourth-order valence-corrected chi connectivity index (χ4v) is 5.14. The van der Waals surface area contributed by atoms with Crippen LogP contribution in [-0.4, -0.2) is 5.11 Å². The quantitative estimate of drug-likeness (QED) is 0.384. The van der Waals surface area contributed by atoms with E-state index < -0.39 is 0 Å². The molecule has 1 N–H and O–H groups in total. The van der Waals surface area contributed by atoms with E-state index in [9.17, 15) is 5.11 Å². The van der Waals surface area contributed by atoms with Crippen molar-refractivity contribution in [3.63, 3.8) is 0 Å². The minimum absolute atomic E-state index is 0.0982. The van der Waals surface area contributed by atoms with Crippen LogP contribution >= 0.6 is 0 Å². The van der Waals surface area contributed by atoms with Crippen LogP contribution in [0.25, 0.3) is 11.1 Å². The zero-order valence-electron chi connectivity index (χ0n) is 14.8. The number of hydrogen-bond donors (Lipinski definition) is 1. The monoisotopic (exact) mass is 346 g/mol. The molecule has 1 heteroatoms. The van der Waals surface area contributed by atoms with Gasteiger partial charge in [0.1, 0.15) is 5.75 Å². The standard InChI is InChI=1S/C26H18O/c27-22-15-14-17(16-8-2-1-3-9-16)25-23-18-10-4-6-12-20(18)24(26(22)25)21-13-7-5-11-19(21)23/h1-15,23-24,27H. The second-order valence-corrected chi connectivity index (χ2v) is 7.45. The van der Waals surface area contributed by atoms with Gasteiger partial charge in [0.2, 0.25) is 0 Å². The average molecular weight is 346 g/mol. The van der Waals surface area contributed by atoms with Crippen LogP contribution in [0.1, 0.15) is 45.2 Å². The molecule has 0 aliphatic heterocycles. The van der Waals surface area contributed by atoms with Crippen LogP contribution in [0, 0.1) is 0 Å². The summed E-state index contributed by atoms with van der Waals surface area (Å²) in [5.41, 5.74) is 10.2. The first kappa shape index (κ1) is 14.8. The van der Waals surface area contributed by atoms with Crippen molar-refractivity contribution >= 4 is 0 Å². The van der Waals surface area contributed by atoms with Gasteiger partial charge >= 0.3 is 0 Å². The van der Waals surface area contributed by atoms with Crippen LogP contribution < -0.4 is 0 Å². The zero-order chi connectivity index (χ0) is 18.0. The van der Waals surface area contributed by atoms with Crippen LogP contribution in [-0.2, 0) is 0 Å². The summed E-state index contributed by atoms with van der Waals surface area (Å²) in [7, 11) is 0. The summed E-state index contributed by atoms with van der Waals surface area (Å²) < 4.78 is 0. The molecule has 0 atom stereocenters. The average Bonchev–Trinajstić information content (AvgIpc) is 2.74. The summed E-state index contributed by atoms with van der Waals surface area (Å²) in [6, 6.07) is 31.9. The van der Waals surface area contributed by atoms with Gasteiger partial charge in [-0.1, -0.05) is 84.9 Å². The van der Waals surface area contributed by atoms with Crippen LogP contribution in [0.4, 0.5) is 0 Å². The van der Waals surface area contributed by atoms with E-state index >= 15 is 0 Å². The number of rotatable bonds is 1. The maximum Gasteiger partial charge on any atom is 0.120 e. The Kier molecular flexibility index (Phi) is 2.93. The molecule has 3 aliphatic rings. The fraction of sp³-hybridized carbons (Fsp3) is 0.0769. The minimum Gasteiger partial charge on any atom is -0.508 e. The van der Waals surface area contributed by atoms with E-state index in [0.717, 1.165) is 5.56 Å². The molecule has 0 fully saturated rings. The van der Waals surface area contributed by atoms with E-state index in [1.165, 1.54) is 38.9 Å². The lowest BCUT2D eigenvalue weighted by Crippen LogP contribution is -2.28. The molecule has 0 aromatic heterocycles. The maximum atomic E-state index is 10.9. The third-order valence-corrected chi connectivity index (χ3v) is 6.16. The first-order chi connectivity index (χ1) is 13.3. The molecule has 2 bridgehead atoms. The zero-order valence-corrected chi connectivity index (χ0v) is 14.8. The van der Waals surface area contributed by atoms with Crippen LogP contribution in [0.15, 0.2) is 91.0 Å². The molecule has 3 aliphatic carbocycles. The molecule has 0 saturated carbocycles. The smallest absolute Gasteiger partial charge is 0.120 e. The third-order valence-electron chi connectivity index (χ3n) is 6.16. The van der Waals surface area contributed by atoms with E-state index in [1.807, 2.05) is 12.1 Å². The summed E-state index contributed by atoms with van der Waals surface area (Å²) in [6.45, 7) is 0. The first-order valence-electron chi connectivity index (χ1n) is 9.43. The normalized spacial score (nSPS) is 18.5. The maximum absolute atomic E-state index is 10.9. The summed E-state index contributed by atoms with van der Waals surface area (Å²) in [5.74, 6) is 0.671. The predicted octanol–water partition coefficient (Wildman–Crippen LogP) is 6.05. The first-order valence-corrected chi connectivity index (χ1v) is 9.43. The Labute approximate surface area is 158 Å². The molecule has 0 spiro atoms. The van der Waals surface area contributed by atoms with Crippen molar-refractivity contribution in [2.75, 3.05) is 0 Å². The van der Waals surface area contributed by atoms with Gasteiger partial charge in [0.25, 0.3) is 0 Å². The van der Waals surface area contributed by atoms with E-state index in [-0.39, 0.29) is 11.8 Å². The highest BCUT2D eigenvalue weighted by Crippen LogP contribution is 2.59. The molecule has 0 unspecified atom stereocenters. The van der Waals surface area contributed by atoms with E-state index in [1.54, 1.807) is 0 Å². The summed E-state index contributed by atoms with van der Waals surface area (Å²) in [4.78, 5) is 0. The lowest BCUT2D eigenvalue weighted by Gasteiger charge is -2.43. The van der Waals surface area contributed by atoms with Gasteiger partial charge in [0.15, 0.2) is 0 Å². The number of aromatic hydroxyl groups is 1. The molecule has 27 heavy (non-hydrogen) atoms. The van der Waals surface area contributed by atoms with Gasteiger partial charge < -0.3 is 5.11 Å². The molecule has 4 aromatic carbocycles. The van der Waals surface area contributed by atoms with Crippen molar-refractivity contribution in [2.24, 2.45) is 0 Å². The lowest BCUT2D eigenvalue weighted by atomic mass is 9.59. The Hall–Kier alpha value is -3.32. The molecule has 0 radical (unpaired) electrons. The number of benzene rings is 4. The highest BCUT2D eigenvalue weighted by molar-refractivity contribution is 5.80. The van der Waals surface area contributed by atoms with Crippen molar-refractivity contribution in [3.05, 3.63) is 124 Å². The Morgan fingerprint density at radius 2 is 0.963 bits per heavy atom. The Balaban J connectivity index is 1.75. The number of phenols is 1. The van der Waals surface area contributed by atoms with Crippen molar-refractivity contribution in [3.8, 4) is 16.9 Å². The topological polar surface area (TPSA) is 20.2 Å². The Bertz CT molecular complexity index is 1140. The Morgan fingerprint density at radius 1 is 0.481 bits per heavy atom. The Morgan fingerprint density at radius 3 is 1.52 bits per heavy atom. The fourth-order valence-electron chi connectivity index (χ4n) is 5.14. The number of phenolic OH excluding ortho intramolecular Hbond substituents is 1. The number of hydrogen-bond acceptors (Lipinski definition) is 1. The van der Waals surface area contributed by atoms with Gasteiger partial charge in [-0.3, -0.25) is 0 Å². The van der Waals surface area contributed by atoms with Crippen molar-refractivity contribution in [1.82, 2.24) is 0 Å². The minimum atomic E-state index is 0.0982. The molecule has 128 valence electrons. The molecule has 0 saturated heterocycles. The highest BCUT2D eigenvalue weighted by Gasteiger charge is 2.43. The van der Waals surface area contributed by atoms with Gasteiger partial charge in [-0.2, -0.15) is 0 Å². The largest absolute Gasteiger partial charge is 0.508 e. The van der Waals surface area contributed by atoms with Crippen molar-refractivity contribution in [1.29, 1.82) is 0 Å². The summed E-state index contributed by atoms with van der Waals surface area (Å²) in [5, 5.41) is 10.9. The second kappa shape index (κ2) is 5.34. The SMILES string of the molecule is Oc1ccc(-c2ccccc2)c2c1C1c3ccccc3C2c2ccccc21. The van der Waals surface area contributed by atoms with Gasteiger partial charge in [0.05, 0.1) is 0 Å². The predicted molar refractivity (Wildman–Crippen MR) is 108 cm³/mol. The molecule has 0 amide bonds. The molecule has 4 aromatic rings. The van der Waals surface area contributed by atoms with E-state index in [0.29, 0.717) is 5.75 Å². The van der Waals surface area contributed by atoms with E-state index in [2.05, 4.69) is 78.9 Å². The molecular weight excluding hydrogens is 328 g/mol. The van der Waals surface area contributed by atoms with Crippen molar-refractivity contribution in [2.45, 2.75) is 11.8 Å². The van der Waals surface area contributed by atoms with Gasteiger partial charge in [-0.15, -0.1) is 0 Å². The lowest BCUT2D eigenvalue weighted by molar-refractivity contribution is 0.463. The second-order valence-electron chi connectivity index (χ2n) is 7.45. The van der Waals surface area contributed by atoms with Crippen LogP contribution in [0.3, 0.4) is 0 Å². The summed E-state index contributed by atoms with van der Waals surface area (Å²) in [6.07, 6.45) is 0. The van der Waals surface area contributed by atoms with Crippen LogP contribution in [0.2, 0.25) is 0 Å². The molecular formula is C26H18O. The van der Waals surface area contributed by atoms with Crippen LogP contribution in [0.5, 0.6) is 5.75 Å². The molecule has 1 nitrogen and oxygen atoms in total. The molecule has 7 rings (SSSR count). The third kappa shape index (κ3) is 1.89. The van der Waals surface area contributed by atoms with Crippen molar-refractivity contribution < 1.29 is 5.11 Å². The highest BCUT2D eigenvalue weighted by atomic mass is 16.3. The van der Waals surface area contributed by atoms with E-state index in [4.69, 9.17) is 0 Å². The van der Waals surface area contributed by atoms with Gasteiger partial charge in [-0.25, -0.2) is 0 Å². The van der Waals surface area contributed by atoms with Gasteiger partial charge in [-0.05, 0) is 45.0 Å². The molecule has 0 heterocycles.